The Balaban J connectivity index is 3.05. The van der Waals surface area contributed by atoms with Gasteiger partial charge in [-0.3, -0.25) is 0 Å². The molecule has 0 bridgehead atoms. The van der Waals surface area contributed by atoms with Crippen LogP contribution in [0.4, 0.5) is 0 Å². The topological polar surface area (TPSA) is 41.6 Å². The summed E-state index contributed by atoms with van der Waals surface area (Å²) in [5.74, 6) is 0. The summed E-state index contributed by atoms with van der Waals surface area (Å²) in [5.41, 5.74) is 0. The van der Waals surface area contributed by atoms with E-state index in [1.807, 2.05) is 18.9 Å². The predicted octanol–water partition coefficient (Wildman–Crippen LogP) is -1.02. The van der Waals surface area contributed by atoms with Gasteiger partial charge in [0.2, 0.25) is 0 Å². The summed E-state index contributed by atoms with van der Waals surface area (Å²) in [6.07, 6.45) is 1.74. The molecule has 1 heterocycles. The zero-order valence-electron chi connectivity index (χ0n) is 2.81. The molecule has 1 rings (SSSR count). The third kappa shape index (κ3) is 0.640. The van der Waals surface area contributed by atoms with Gasteiger partial charge in [0.05, 0.1) is 0 Å². The molecule has 0 aliphatic rings. The van der Waals surface area contributed by atoms with E-state index in [2.05, 4.69) is 15.4 Å². The van der Waals surface area contributed by atoms with Crippen molar-refractivity contribution in [2.75, 3.05) is 0 Å². The van der Waals surface area contributed by atoms with Gasteiger partial charge in [-0.15, -0.1) is 0 Å². The van der Waals surface area contributed by atoms with Crippen LogP contribution in [0.1, 0.15) is 0 Å². The van der Waals surface area contributed by atoms with E-state index >= 15 is 0 Å². The summed E-state index contributed by atoms with van der Waals surface area (Å²) in [6, 6.07) is 0. The van der Waals surface area contributed by atoms with Crippen LogP contribution in [0.15, 0.2) is 6.20 Å². The molecule has 0 aliphatic heterocycles. The second-order valence-electron chi connectivity index (χ2n) is 0.773. The van der Waals surface area contributed by atoms with E-state index in [1.165, 1.54) is 0 Å². The van der Waals surface area contributed by atoms with Gasteiger partial charge in [-0.05, 0) is 0 Å². The van der Waals surface area contributed by atoms with E-state index in [0.717, 1.165) is 4.21 Å². The van der Waals surface area contributed by atoms with Gasteiger partial charge in [0.1, 0.15) is 0 Å². The average Bonchev–Trinajstić information content (AvgIpc) is 1.86. The molecular weight excluding hydrogens is 258 g/mol. The van der Waals surface area contributed by atoms with Crippen molar-refractivity contribution in [1.82, 2.24) is 15.4 Å². The minimum absolute atomic E-state index is 0.926. The monoisotopic (exact) mass is 261 g/mol. The molecular formula is C2H2IrN3. The first-order chi connectivity index (χ1) is 2.89. The fourth-order valence-electron chi connectivity index (χ4n) is 0.183. The fourth-order valence-corrected chi connectivity index (χ4v) is 0.457. The molecule has 6 heavy (non-hydrogen) atoms. The number of aromatic nitrogens is 3. The van der Waals surface area contributed by atoms with E-state index in [-0.39, 0.29) is 0 Å². The van der Waals surface area contributed by atoms with Crippen molar-refractivity contribution in [3.8, 4) is 0 Å². The van der Waals surface area contributed by atoms with Crippen LogP contribution in [0.2, 0.25) is 0 Å². The van der Waals surface area contributed by atoms with Gasteiger partial charge >= 0.3 is 44.7 Å². The van der Waals surface area contributed by atoms with Gasteiger partial charge in [0, 0.05) is 0 Å². The molecule has 4 heteroatoms. The van der Waals surface area contributed by atoms with E-state index in [9.17, 15) is 0 Å². The average molecular weight is 260 g/mol. The summed E-state index contributed by atoms with van der Waals surface area (Å²) in [6.45, 7) is 0. The Kier molecular flexibility index (Phi) is 0.985. The quantitative estimate of drug-likeness (QED) is 0.648. The maximum absolute atomic E-state index is 3.61. The second-order valence-corrected chi connectivity index (χ2v) is 2.00. The van der Waals surface area contributed by atoms with Crippen LogP contribution in [0.5, 0.6) is 0 Å². The molecule has 0 amide bonds. The van der Waals surface area contributed by atoms with Gasteiger partial charge in [-0.25, -0.2) is 0 Å². The first-order valence-electron chi connectivity index (χ1n) is 1.39. The molecule has 0 saturated heterocycles. The van der Waals surface area contributed by atoms with Crippen molar-refractivity contribution >= 4 is 4.21 Å². The second kappa shape index (κ2) is 1.49. The molecule has 0 fully saturated rings. The minimum atomic E-state index is 0.926. The van der Waals surface area contributed by atoms with E-state index < -0.39 is 0 Å². The molecule has 0 spiro atoms. The Bertz CT molecular complexity index is 112. The first kappa shape index (κ1) is 3.96. The van der Waals surface area contributed by atoms with Crippen molar-refractivity contribution < 1.29 is 18.9 Å². The summed E-state index contributed by atoms with van der Waals surface area (Å²) in [4.78, 5) is 0. The summed E-state index contributed by atoms with van der Waals surface area (Å²) < 4.78 is 0.926. The molecule has 0 radical (unpaired) electrons. The molecule has 1 aromatic rings. The van der Waals surface area contributed by atoms with Crippen molar-refractivity contribution in [3.63, 3.8) is 0 Å². The van der Waals surface area contributed by atoms with Gasteiger partial charge < -0.3 is 0 Å². The zero-order chi connectivity index (χ0) is 4.41. The molecule has 1 aromatic heterocycles. The standard InChI is InChI=1S/C2H2N3.Ir/c1-2-4-5-3-1;/h1H,(H,3,4,5);. The van der Waals surface area contributed by atoms with Crippen LogP contribution in [0.25, 0.3) is 0 Å². The van der Waals surface area contributed by atoms with Crippen molar-refractivity contribution in [2.24, 2.45) is 0 Å². The van der Waals surface area contributed by atoms with Crippen LogP contribution in [-0.4, -0.2) is 15.4 Å². The normalized spacial score (nSPS) is 9.00. The van der Waals surface area contributed by atoms with Crippen molar-refractivity contribution in [2.45, 2.75) is 0 Å². The molecule has 0 aliphatic carbocycles. The molecule has 0 unspecified atom stereocenters. The Hall–Kier alpha value is -0.211. The summed E-state index contributed by atoms with van der Waals surface area (Å²) in [7, 11) is 0. The number of nitrogens with zero attached hydrogens (tertiary/aromatic N) is 2. The third-order valence-electron chi connectivity index (χ3n) is 0.376. The predicted molar refractivity (Wildman–Crippen MR) is 16.0 cm³/mol. The van der Waals surface area contributed by atoms with E-state index in [0.29, 0.717) is 0 Å². The summed E-state index contributed by atoms with van der Waals surface area (Å²) in [5, 5.41) is 9.63. The van der Waals surface area contributed by atoms with Crippen LogP contribution < -0.4 is 4.21 Å². The molecule has 0 aromatic carbocycles. The first-order valence-corrected chi connectivity index (χ1v) is 2.59. The molecule has 0 atom stereocenters. The Labute approximate surface area is 45.3 Å². The molecule has 1 N–H and O–H groups in total. The van der Waals surface area contributed by atoms with Crippen molar-refractivity contribution in [1.29, 1.82) is 0 Å². The van der Waals surface area contributed by atoms with Crippen LogP contribution in [-0.2, 0) is 18.9 Å². The van der Waals surface area contributed by atoms with Gasteiger partial charge in [0.15, 0.2) is 0 Å². The van der Waals surface area contributed by atoms with Crippen LogP contribution in [0.3, 0.4) is 0 Å². The number of aromatic amines is 1. The molecule has 34 valence electrons. The van der Waals surface area contributed by atoms with E-state index in [4.69, 9.17) is 0 Å². The van der Waals surface area contributed by atoms with Gasteiger partial charge in [-0.2, -0.15) is 0 Å². The number of H-pyrrole nitrogens is 1. The van der Waals surface area contributed by atoms with Gasteiger partial charge in [0.25, 0.3) is 0 Å². The van der Waals surface area contributed by atoms with Crippen LogP contribution >= 0.6 is 0 Å². The summed E-state index contributed by atoms with van der Waals surface area (Å²) >= 11 is 1.88. The Morgan fingerprint density at radius 1 is 1.83 bits per heavy atom. The fraction of sp³-hybridized carbons (Fsp3) is 0. The maximum atomic E-state index is 3.61. The van der Waals surface area contributed by atoms with E-state index in [1.54, 1.807) is 6.20 Å². The number of hydrogen-bond acceptors (Lipinski definition) is 2. The number of nitrogens with one attached hydrogen (secondary N) is 1. The molecule has 0 saturated carbocycles. The number of rotatable bonds is 0. The Morgan fingerprint density at radius 2 is 2.67 bits per heavy atom. The Morgan fingerprint density at radius 3 is 2.83 bits per heavy atom. The third-order valence-corrected chi connectivity index (χ3v) is 0.961. The molecule has 3 nitrogen and oxygen atoms in total. The zero-order valence-corrected chi connectivity index (χ0v) is 5.20. The van der Waals surface area contributed by atoms with Gasteiger partial charge in [-0.1, -0.05) is 0 Å². The van der Waals surface area contributed by atoms with Crippen LogP contribution in [0, 0.1) is 0 Å². The SMILES string of the molecule is [Ir][c]1c[nH]nn1. The number of hydrogen-bond donors (Lipinski definition) is 1. The van der Waals surface area contributed by atoms with Crippen molar-refractivity contribution in [3.05, 3.63) is 6.20 Å².